The zero-order valence-corrected chi connectivity index (χ0v) is 22.3. The summed E-state index contributed by atoms with van der Waals surface area (Å²) >= 11 is 0. The van der Waals surface area contributed by atoms with Crippen LogP contribution >= 0.6 is 0 Å². The summed E-state index contributed by atoms with van der Waals surface area (Å²) in [6.07, 6.45) is 12.5. The molecule has 0 spiro atoms. The van der Waals surface area contributed by atoms with Crippen molar-refractivity contribution >= 4 is 0 Å². The number of nitriles is 1. The van der Waals surface area contributed by atoms with E-state index in [-0.39, 0.29) is 5.92 Å². The fraction of sp³-hybridized carbons (Fsp3) is 0.750. The van der Waals surface area contributed by atoms with Gasteiger partial charge in [0.15, 0.2) is 11.5 Å². The molecule has 0 aromatic heterocycles. The highest BCUT2D eigenvalue weighted by Crippen LogP contribution is 2.48. The van der Waals surface area contributed by atoms with E-state index in [1.54, 1.807) is 21.3 Å². The van der Waals surface area contributed by atoms with E-state index >= 15 is 0 Å². The van der Waals surface area contributed by atoms with Crippen molar-refractivity contribution in [2.75, 3.05) is 41.5 Å². The van der Waals surface area contributed by atoms with Gasteiger partial charge in [-0.25, -0.2) is 0 Å². The summed E-state index contributed by atoms with van der Waals surface area (Å²) in [7, 11) is 7.04. The van der Waals surface area contributed by atoms with Gasteiger partial charge in [0.05, 0.1) is 32.8 Å². The summed E-state index contributed by atoms with van der Waals surface area (Å²) in [5.74, 6) is 1.88. The number of benzene rings is 1. The molecule has 188 valence electrons. The second kappa shape index (κ2) is 15.8. The Hall–Kier alpha value is -1.93. The number of hydrogen-bond donors (Lipinski definition) is 0. The van der Waals surface area contributed by atoms with Crippen molar-refractivity contribution in [3.05, 3.63) is 17.7 Å². The van der Waals surface area contributed by atoms with E-state index in [9.17, 15) is 5.26 Å². The summed E-state index contributed by atoms with van der Waals surface area (Å²) in [6.45, 7) is 8.60. The molecule has 0 radical (unpaired) electrons. The van der Waals surface area contributed by atoms with Crippen LogP contribution in [0, 0.1) is 17.2 Å². The number of methoxy groups -OCH3 is 3. The highest BCUT2D eigenvalue weighted by molar-refractivity contribution is 5.59. The van der Waals surface area contributed by atoms with Crippen LogP contribution in [0.2, 0.25) is 0 Å². The summed E-state index contributed by atoms with van der Waals surface area (Å²) in [6, 6.07) is 6.49. The Morgan fingerprint density at radius 3 is 1.94 bits per heavy atom. The molecule has 0 saturated heterocycles. The van der Waals surface area contributed by atoms with Crippen molar-refractivity contribution in [1.29, 1.82) is 5.26 Å². The van der Waals surface area contributed by atoms with E-state index < -0.39 is 5.41 Å². The molecule has 1 rings (SSSR count). The molecule has 0 aliphatic carbocycles. The molecule has 0 aliphatic heterocycles. The average molecular weight is 461 g/mol. The Bertz CT molecular complexity index is 714. The van der Waals surface area contributed by atoms with Crippen LogP contribution in [0.3, 0.4) is 0 Å². The quantitative estimate of drug-likeness (QED) is 0.221. The van der Waals surface area contributed by atoms with Crippen molar-refractivity contribution < 1.29 is 14.2 Å². The summed E-state index contributed by atoms with van der Waals surface area (Å²) < 4.78 is 16.8. The van der Waals surface area contributed by atoms with Gasteiger partial charge >= 0.3 is 0 Å². The number of unbranched alkanes of at least 4 members (excludes halogenated alkanes) is 7. The van der Waals surface area contributed by atoms with E-state index in [1.165, 1.54) is 51.4 Å². The molecule has 5 heteroatoms. The molecule has 0 amide bonds. The standard InChI is InChI=1S/C28H48N2O3/c1-8-9-10-11-12-13-14-15-20-30(4)21-16-19-28(22-29,23(2)3)24-17-18-25(31-5)27(33-7)26(24)32-6/h17-18,23H,8-16,19-21H2,1-7H3/t28-/m0/s1. The van der Waals surface area contributed by atoms with Gasteiger partial charge in [-0.15, -0.1) is 0 Å². The molecule has 5 nitrogen and oxygen atoms in total. The maximum atomic E-state index is 10.4. The molecule has 1 atom stereocenters. The van der Waals surface area contributed by atoms with Crippen molar-refractivity contribution in [2.45, 2.75) is 90.4 Å². The van der Waals surface area contributed by atoms with E-state index in [0.717, 1.165) is 31.5 Å². The second-order valence-electron chi connectivity index (χ2n) is 9.50. The van der Waals surface area contributed by atoms with Gasteiger partial charge < -0.3 is 19.1 Å². The van der Waals surface area contributed by atoms with E-state index in [4.69, 9.17) is 14.2 Å². The van der Waals surface area contributed by atoms with Crippen molar-refractivity contribution in [3.63, 3.8) is 0 Å². The highest BCUT2D eigenvalue weighted by atomic mass is 16.5. The Morgan fingerprint density at radius 2 is 1.42 bits per heavy atom. The third-order valence-electron chi connectivity index (χ3n) is 6.87. The van der Waals surface area contributed by atoms with Crippen LogP contribution in [0.5, 0.6) is 17.2 Å². The lowest BCUT2D eigenvalue weighted by molar-refractivity contribution is 0.276. The van der Waals surface area contributed by atoms with Gasteiger partial charge in [0.25, 0.3) is 0 Å². The topological polar surface area (TPSA) is 54.7 Å². The van der Waals surface area contributed by atoms with Gasteiger partial charge in [0.2, 0.25) is 5.75 Å². The van der Waals surface area contributed by atoms with Crippen LogP contribution < -0.4 is 14.2 Å². The van der Waals surface area contributed by atoms with Crippen LogP contribution in [0.25, 0.3) is 0 Å². The zero-order valence-electron chi connectivity index (χ0n) is 22.3. The Morgan fingerprint density at radius 1 is 0.848 bits per heavy atom. The monoisotopic (exact) mass is 460 g/mol. The molecular formula is C28H48N2O3. The lowest BCUT2D eigenvalue weighted by atomic mass is 9.69. The first-order chi connectivity index (χ1) is 15.9. The first kappa shape index (κ1) is 29.1. The minimum atomic E-state index is -0.649. The predicted molar refractivity (Wildman–Crippen MR) is 138 cm³/mol. The SMILES string of the molecule is CCCCCCCCCCN(C)CCC[C@@](C#N)(c1ccc(OC)c(OC)c1OC)C(C)C. The molecule has 33 heavy (non-hydrogen) atoms. The normalized spacial score (nSPS) is 13.1. The number of rotatable bonds is 18. The fourth-order valence-corrected chi connectivity index (χ4v) is 4.69. The van der Waals surface area contributed by atoms with Gasteiger partial charge in [0, 0.05) is 5.56 Å². The number of hydrogen-bond acceptors (Lipinski definition) is 5. The van der Waals surface area contributed by atoms with Gasteiger partial charge in [-0.05, 0) is 57.5 Å². The first-order valence-electron chi connectivity index (χ1n) is 12.8. The lowest BCUT2D eigenvalue weighted by Gasteiger charge is -2.34. The Labute approximate surface area is 203 Å². The van der Waals surface area contributed by atoms with Gasteiger partial charge in [-0.1, -0.05) is 65.7 Å². The third kappa shape index (κ3) is 8.41. The zero-order chi connectivity index (χ0) is 24.7. The predicted octanol–water partition coefficient (Wildman–Crippen LogP) is 6.98. The number of ether oxygens (including phenoxy) is 3. The summed E-state index contributed by atoms with van der Waals surface area (Å²) in [4.78, 5) is 2.41. The minimum Gasteiger partial charge on any atom is -0.493 e. The molecule has 0 bridgehead atoms. The maximum Gasteiger partial charge on any atom is 0.203 e. The molecular weight excluding hydrogens is 412 g/mol. The average Bonchev–Trinajstić information content (AvgIpc) is 2.82. The Kier molecular flexibility index (Phi) is 14.0. The molecule has 0 aliphatic rings. The Balaban J connectivity index is 2.72. The van der Waals surface area contributed by atoms with Crippen LogP contribution in [-0.4, -0.2) is 46.4 Å². The minimum absolute atomic E-state index is 0.132. The van der Waals surface area contributed by atoms with Crippen molar-refractivity contribution in [2.24, 2.45) is 5.92 Å². The smallest absolute Gasteiger partial charge is 0.203 e. The van der Waals surface area contributed by atoms with Gasteiger partial charge in [-0.2, -0.15) is 5.26 Å². The van der Waals surface area contributed by atoms with Crippen LogP contribution in [0.15, 0.2) is 12.1 Å². The van der Waals surface area contributed by atoms with Gasteiger partial charge in [0.1, 0.15) is 0 Å². The lowest BCUT2D eigenvalue weighted by Crippen LogP contribution is -2.33. The van der Waals surface area contributed by atoms with E-state index in [1.807, 2.05) is 12.1 Å². The van der Waals surface area contributed by atoms with E-state index in [2.05, 4.69) is 38.8 Å². The second-order valence-corrected chi connectivity index (χ2v) is 9.50. The molecule has 0 unspecified atom stereocenters. The summed E-state index contributed by atoms with van der Waals surface area (Å²) in [5.41, 5.74) is 0.232. The van der Waals surface area contributed by atoms with Crippen LogP contribution in [0.4, 0.5) is 0 Å². The van der Waals surface area contributed by atoms with Crippen LogP contribution in [0.1, 0.15) is 90.5 Å². The van der Waals surface area contributed by atoms with Crippen LogP contribution in [-0.2, 0) is 5.41 Å². The first-order valence-corrected chi connectivity index (χ1v) is 12.8. The molecule has 1 aromatic rings. The van der Waals surface area contributed by atoms with Crippen molar-refractivity contribution in [3.8, 4) is 23.3 Å². The van der Waals surface area contributed by atoms with E-state index in [0.29, 0.717) is 17.2 Å². The summed E-state index contributed by atoms with van der Waals surface area (Å²) in [5, 5.41) is 10.4. The molecule has 0 fully saturated rings. The third-order valence-corrected chi connectivity index (χ3v) is 6.87. The largest absolute Gasteiger partial charge is 0.493 e. The molecule has 0 heterocycles. The molecule has 0 N–H and O–H groups in total. The van der Waals surface area contributed by atoms with Crippen molar-refractivity contribution in [1.82, 2.24) is 4.90 Å². The number of nitrogens with zero attached hydrogens (tertiary/aromatic N) is 2. The maximum absolute atomic E-state index is 10.4. The fourth-order valence-electron chi connectivity index (χ4n) is 4.69. The molecule has 1 aromatic carbocycles. The van der Waals surface area contributed by atoms with Gasteiger partial charge in [-0.3, -0.25) is 0 Å². The molecule has 0 saturated carbocycles. The highest BCUT2D eigenvalue weighted by Gasteiger charge is 2.39.